The van der Waals surface area contributed by atoms with Crippen LogP contribution in [0.1, 0.15) is 31.4 Å². The Hall–Kier alpha value is -3.16. The number of hydrogen-bond acceptors (Lipinski definition) is 5. The lowest BCUT2D eigenvalue weighted by Gasteiger charge is -2.38. The standard InChI is InChI=1S/C20H23FN4O3/c1-12-3-8-16(13-4-6-14(21)7-5-13)25(11-12)20(27)19(26)24-15-9-17(28-2)18(22)23-10-15/h4-7,9-10,12,16H,3,8,11H2,1-2H3,(H2,22,23)(H,24,26). The first kappa shape index (κ1) is 19.6. The average molecular weight is 386 g/mol. The highest BCUT2D eigenvalue weighted by Crippen LogP contribution is 2.33. The van der Waals surface area contributed by atoms with Gasteiger partial charge in [-0.1, -0.05) is 19.1 Å². The first-order chi connectivity index (χ1) is 13.4. The normalized spacial score (nSPS) is 19.2. The Bertz CT molecular complexity index is 872. The van der Waals surface area contributed by atoms with Crippen molar-refractivity contribution in [3.8, 4) is 5.75 Å². The number of hydrogen-bond donors (Lipinski definition) is 2. The van der Waals surface area contributed by atoms with Crippen LogP contribution in [0.3, 0.4) is 0 Å². The molecule has 28 heavy (non-hydrogen) atoms. The van der Waals surface area contributed by atoms with Gasteiger partial charge in [-0.2, -0.15) is 0 Å². The quantitative estimate of drug-likeness (QED) is 0.791. The monoisotopic (exact) mass is 386 g/mol. The fraction of sp³-hybridized carbons (Fsp3) is 0.350. The second-order valence-corrected chi connectivity index (χ2v) is 6.97. The Kier molecular flexibility index (Phi) is 5.77. The van der Waals surface area contributed by atoms with Gasteiger partial charge in [0.1, 0.15) is 5.82 Å². The van der Waals surface area contributed by atoms with Crippen LogP contribution in [0, 0.1) is 11.7 Å². The Morgan fingerprint density at radius 2 is 2.00 bits per heavy atom. The van der Waals surface area contributed by atoms with Crippen LogP contribution >= 0.6 is 0 Å². The van der Waals surface area contributed by atoms with Gasteiger partial charge in [-0.15, -0.1) is 0 Å². The van der Waals surface area contributed by atoms with Gasteiger partial charge in [-0.05, 0) is 36.5 Å². The number of ether oxygens (including phenoxy) is 1. The van der Waals surface area contributed by atoms with Gasteiger partial charge >= 0.3 is 11.8 Å². The molecule has 2 aromatic rings. The first-order valence-corrected chi connectivity index (χ1v) is 9.06. The van der Waals surface area contributed by atoms with Gasteiger partial charge < -0.3 is 20.7 Å². The molecule has 3 rings (SSSR count). The molecule has 2 unspecified atom stereocenters. The molecule has 7 nitrogen and oxygen atoms in total. The lowest BCUT2D eigenvalue weighted by molar-refractivity contribution is -0.146. The van der Waals surface area contributed by atoms with Crippen molar-refractivity contribution in [2.75, 3.05) is 24.7 Å². The lowest BCUT2D eigenvalue weighted by Crippen LogP contribution is -2.46. The number of halogens is 1. The van der Waals surface area contributed by atoms with Gasteiger partial charge in [0.25, 0.3) is 0 Å². The average Bonchev–Trinajstić information content (AvgIpc) is 2.69. The largest absolute Gasteiger partial charge is 0.493 e. The predicted molar refractivity (Wildman–Crippen MR) is 103 cm³/mol. The number of piperidine rings is 1. The van der Waals surface area contributed by atoms with E-state index >= 15 is 0 Å². The number of nitrogens with one attached hydrogen (secondary N) is 1. The highest BCUT2D eigenvalue weighted by molar-refractivity contribution is 6.39. The zero-order valence-corrected chi connectivity index (χ0v) is 15.8. The number of nitrogens with two attached hydrogens (primary N) is 1. The van der Waals surface area contributed by atoms with Crippen LogP contribution in [-0.2, 0) is 9.59 Å². The molecule has 1 aliphatic rings. The number of carbonyl (C=O) groups is 2. The van der Waals surface area contributed by atoms with Gasteiger partial charge in [0, 0.05) is 12.6 Å². The summed E-state index contributed by atoms with van der Waals surface area (Å²) in [6, 6.07) is 7.27. The molecular weight excluding hydrogens is 363 g/mol. The van der Waals surface area contributed by atoms with Crippen molar-refractivity contribution in [3.63, 3.8) is 0 Å². The number of nitrogen functional groups attached to an aromatic ring is 1. The number of aromatic nitrogens is 1. The van der Waals surface area contributed by atoms with Crippen molar-refractivity contribution in [1.29, 1.82) is 0 Å². The van der Waals surface area contributed by atoms with E-state index in [1.54, 1.807) is 17.0 Å². The Morgan fingerprint density at radius 3 is 2.68 bits per heavy atom. The van der Waals surface area contributed by atoms with Crippen molar-refractivity contribution >= 4 is 23.3 Å². The summed E-state index contributed by atoms with van der Waals surface area (Å²) >= 11 is 0. The van der Waals surface area contributed by atoms with Gasteiger partial charge in [0.05, 0.1) is 25.0 Å². The molecule has 1 aromatic heterocycles. The van der Waals surface area contributed by atoms with E-state index in [0.717, 1.165) is 12.0 Å². The maximum atomic E-state index is 13.3. The summed E-state index contributed by atoms with van der Waals surface area (Å²) in [5.74, 6) is -0.985. The molecule has 0 aliphatic carbocycles. The van der Waals surface area contributed by atoms with E-state index in [4.69, 9.17) is 10.5 Å². The summed E-state index contributed by atoms with van der Waals surface area (Å²) in [6.07, 6.45) is 2.99. The Labute approximate surface area is 162 Å². The molecule has 148 valence electrons. The van der Waals surface area contributed by atoms with Crippen LogP contribution in [-0.4, -0.2) is 35.4 Å². The van der Waals surface area contributed by atoms with Gasteiger partial charge in [-0.25, -0.2) is 9.37 Å². The van der Waals surface area contributed by atoms with E-state index in [9.17, 15) is 14.0 Å². The predicted octanol–water partition coefficient (Wildman–Crippen LogP) is 2.75. The molecule has 0 bridgehead atoms. The number of amides is 2. The Morgan fingerprint density at radius 1 is 1.29 bits per heavy atom. The van der Waals surface area contributed by atoms with Crippen LogP contribution in [0.5, 0.6) is 5.75 Å². The smallest absolute Gasteiger partial charge is 0.313 e. The van der Waals surface area contributed by atoms with Crippen molar-refractivity contribution in [1.82, 2.24) is 9.88 Å². The number of pyridine rings is 1. The SMILES string of the molecule is COc1cc(NC(=O)C(=O)N2CC(C)CCC2c2ccc(F)cc2)cnc1N. The number of anilines is 2. The number of methoxy groups -OCH3 is 1. The minimum atomic E-state index is -0.769. The molecule has 2 atom stereocenters. The topological polar surface area (TPSA) is 97.5 Å². The molecule has 1 aromatic carbocycles. The second-order valence-electron chi connectivity index (χ2n) is 6.97. The zero-order valence-electron chi connectivity index (χ0n) is 15.8. The number of likely N-dealkylation sites (tertiary alicyclic amines) is 1. The van der Waals surface area contributed by atoms with Crippen molar-refractivity contribution in [2.45, 2.75) is 25.8 Å². The van der Waals surface area contributed by atoms with Gasteiger partial charge in [0.2, 0.25) is 0 Å². The van der Waals surface area contributed by atoms with E-state index < -0.39 is 11.8 Å². The van der Waals surface area contributed by atoms with Crippen LogP contribution in [0.4, 0.5) is 15.9 Å². The highest BCUT2D eigenvalue weighted by Gasteiger charge is 2.34. The third kappa shape index (κ3) is 4.21. The van der Waals surface area contributed by atoms with Gasteiger partial charge in [-0.3, -0.25) is 9.59 Å². The third-order valence-corrected chi connectivity index (χ3v) is 4.89. The number of benzene rings is 1. The second kappa shape index (κ2) is 8.24. The van der Waals surface area contributed by atoms with E-state index in [2.05, 4.69) is 10.3 Å². The minimum absolute atomic E-state index is 0.188. The van der Waals surface area contributed by atoms with Gasteiger partial charge in [0.15, 0.2) is 11.6 Å². The summed E-state index contributed by atoms with van der Waals surface area (Å²) < 4.78 is 18.3. The zero-order chi connectivity index (χ0) is 20.3. The highest BCUT2D eigenvalue weighted by atomic mass is 19.1. The molecule has 2 amide bonds. The number of nitrogens with zero attached hydrogens (tertiary/aromatic N) is 2. The summed E-state index contributed by atoms with van der Waals surface area (Å²) in [6.45, 7) is 2.49. The summed E-state index contributed by atoms with van der Waals surface area (Å²) in [5, 5.41) is 2.55. The molecule has 3 N–H and O–H groups in total. The molecule has 1 aliphatic heterocycles. The molecule has 0 spiro atoms. The van der Waals surface area contributed by atoms with E-state index in [1.807, 2.05) is 6.92 Å². The van der Waals surface area contributed by atoms with Crippen molar-refractivity contribution in [3.05, 3.63) is 47.9 Å². The number of rotatable bonds is 3. The maximum absolute atomic E-state index is 13.3. The van der Waals surface area contributed by atoms with Crippen LogP contribution in [0.2, 0.25) is 0 Å². The molecule has 1 saturated heterocycles. The van der Waals surface area contributed by atoms with E-state index in [1.165, 1.54) is 31.5 Å². The fourth-order valence-electron chi connectivity index (χ4n) is 3.41. The summed E-state index contributed by atoms with van der Waals surface area (Å²) in [7, 11) is 1.44. The van der Waals surface area contributed by atoms with Crippen LogP contribution < -0.4 is 15.8 Å². The molecule has 1 fully saturated rings. The van der Waals surface area contributed by atoms with Crippen molar-refractivity contribution < 1.29 is 18.7 Å². The lowest BCUT2D eigenvalue weighted by atomic mass is 9.90. The molecule has 2 heterocycles. The summed E-state index contributed by atoms with van der Waals surface area (Å²) in [4.78, 5) is 30.9. The van der Waals surface area contributed by atoms with Crippen LogP contribution in [0.25, 0.3) is 0 Å². The molecule has 8 heteroatoms. The van der Waals surface area contributed by atoms with E-state index in [0.29, 0.717) is 24.4 Å². The number of carbonyl (C=O) groups excluding carboxylic acids is 2. The fourth-order valence-corrected chi connectivity index (χ4v) is 3.41. The van der Waals surface area contributed by atoms with Crippen molar-refractivity contribution in [2.24, 2.45) is 5.92 Å². The third-order valence-electron chi connectivity index (χ3n) is 4.89. The molecular formula is C20H23FN4O3. The minimum Gasteiger partial charge on any atom is -0.493 e. The summed E-state index contributed by atoms with van der Waals surface area (Å²) in [5.41, 5.74) is 6.79. The Balaban J connectivity index is 1.79. The first-order valence-electron chi connectivity index (χ1n) is 9.06. The molecule has 0 saturated carbocycles. The molecule has 0 radical (unpaired) electrons. The maximum Gasteiger partial charge on any atom is 0.313 e. The van der Waals surface area contributed by atoms with Crippen LogP contribution in [0.15, 0.2) is 36.5 Å². The van der Waals surface area contributed by atoms with E-state index in [-0.39, 0.29) is 23.6 Å².